The molecule has 4 nitrogen and oxygen atoms in total. The minimum atomic E-state index is 0.467. The van der Waals surface area contributed by atoms with E-state index >= 15 is 0 Å². The molecule has 22 heavy (non-hydrogen) atoms. The Kier molecular flexibility index (Phi) is 4.59. The van der Waals surface area contributed by atoms with E-state index in [4.69, 9.17) is 9.47 Å². The van der Waals surface area contributed by atoms with Crippen molar-refractivity contribution in [1.82, 2.24) is 5.32 Å². The van der Waals surface area contributed by atoms with Gasteiger partial charge in [0.15, 0.2) is 0 Å². The van der Waals surface area contributed by atoms with Crippen LogP contribution in [0.1, 0.15) is 17.5 Å². The Morgan fingerprint density at radius 3 is 2.59 bits per heavy atom. The quantitative estimate of drug-likeness (QED) is 0.922. The third kappa shape index (κ3) is 3.22. The molecule has 2 aromatic rings. The highest BCUT2D eigenvalue weighted by atomic mass is 16.5. The lowest BCUT2D eigenvalue weighted by atomic mass is 10.1. The van der Waals surface area contributed by atoms with Gasteiger partial charge in [-0.15, -0.1) is 0 Å². The van der Waals surface area contributed by atoms with E-state index in [0.29, 0.717) is 6.61 Å². The molecule has 0 aliphatic carbocycles. The average molecular weight is 296 g/mol. The number of methoxy groups -OCH3 is 1. The topological polar surface area (TPSA) is 42.9 Å². The molecular formula is C18H20N2O2. The fraction of sp³-hybridized carbons (Fsp3) is 0.278. The molecule has 1 aliphatic rings. The van der Waals surface area contributed by atoms with Crippen molar-refractivity contribution < 1.29 is 9.47 Å². The van der Waals surface area contributed by atoms with Crippen LogP contribution in [0.3, 0.4) is 0 Å². The van der Waals surface area contributed by atoms with E-state index in [2.05, 4.69) is 10.3 Å². The van der Waals surface area contributed by atoms with E-state index in [1.54, 1.807) is 7.11 Å². The first-order valence-corrected chi connectivity index (χ1v) is 7.51. The number of nitrogens with one attached hydrogen (secondary N) is 1. The fourth-order valence-corrected chi connectivity index (χ4v) is 2.48. The highest BCUT2D eigenvalue weighted by Gasteiger charge is 2.13. The Morgan fingerprint density at radius 1 is 1.05 bits per heavy atom. The van der Waals surface area contributed by atoms with Gasteiger partial charge in [-0.2, -0.15) is 0 Å². The van der Waals surface area contributed by atoms with Crippen molar-refractivity contribution in [3.63, 3.8) is 0 Å². The largest absolute Gasteiger partial charge is 0.496 e. The van der Waals surface area contributed by atoms with Gasteiger partial charge in [-0.1, -0.05) is 30.3 Å². The Hall–Kier alpha value is -2.49. The highest BCUT2D eigenvalue weighted by molar-refractivity contribution is 6.01. The fourth-order valence-electron chi connectivity index (χ4n) is 2.48. The third-order valence-corrected chi connectivity index (χ3v) is 3.62. The van der Waals surface area contributed by atoms with Crippen LogP contribution in [0.2, 0.25) is 0 Å². The van der Waals surface area contributed by atoms with Crippen LogP contribution in [0.4, 0.5) is 0 Å². The van der Waals surface area contributed by atoms with Crippen LogP contribution in [0.25, 0.3) is 0 Å². The lowest BCUT2D eigenvalue weighted by Gasteiger charge is -2.18. The van der Waals surface area contributed by atoms with Crippen molar-refractivity contribution in [2.75, 3.05) is 20.2 Å². The van der Waals surface area contributed by atoms with E-state index in [-0.39, 0.29) is 0 Å². The summed E-state index contributed by atoms with van der Waals surface area (Å²) < 4.78 is 11.4. The summed E-state index contributed by atoms with van der Waals surface area (Å²) in [5.74, 6) is 2.59. The second kappa shape index (κ2) is 6.98. The number of ether oxygens (including phenoxy) is 2. The number of hydrogen-bond donors (Lipinski definition) is 1. The van der Waals surface area contributed by atoms with Gasteiger partial charge in [-0.25, -0.2) is 0 Å². The summed E-state index contributed by atoms with van der Waals surface area (Å²) in [6.07, 6.45) is 1.08. The van der Waals surface area contributed by atoms with Crippen LogP contribution in [0.5, 0.6) is 11.5 Å². The smallest absolute Gasteiger partial charge is 0.132 e. The molecule has 3 rings (SSSR count). The van der Waals surface area contributed by atoms with Gasteiger partial charge >= 0.3 is 0 Å². The number of para-hydroxylation sites is 2. The Labute approximate surface area is 130 Å². The first-order valence-electron chi connectivity index (χ1n) is 7.51. The molecule has 2 aromatic carbocycles. The molecule has 0 saturated carbocycles. The van der Waals surface area contributed by atoms with Crippen molar-refractivity contribution in [2.45, 2.75) is 13.0 Å². The summed E-state index contributed by atoms with van der Waals surface area (Å²) in [7, 11) is 1.67. The van der Waals surface area contributed by atoms with Crippen molar-refractivity contribution in [3.8, 4) is 11.5 Å². The third-order valence-electron chi connectivity index (χ3n) is 3.62. The lowest BCUT2D eigenvalue weighted by molar-refractivity contribution is 0.296. The number of nitrogens with zero attached hydrogens (tertiary/aromatic N) is 1. The maximum atomic E-state index is 6.02. The molecule has 0 radical (unpaired) electrons. The molecule has 0 fully saturated rings. The SMILES string of the molecule is COc1ccccc1COc1ccccc1C1=NCCCN1. The monoisotopic (exact) mass is 296 g/mol. The van der Waals surface area contributed by atoms with Crippen LogP contribution in [-0.4, -0.2) is 26.0 Å². The first kappa shape index (κ1) is 14.4. The highest BCUT2D eigenvalue weighted by Crippen LogP contribution is 2.23. The summed E-state index contributed by atoms with van der Waals surface area (Å²) in [6.45, 7) is 2.29. The average Bonchev–Trinajstić information content (AvgIpc) is 2.61. The van der Waals surface area contributed by atoms with E-state index in [1.807, 2.05) is 48.5 Å². The van der Waals surface area contributed by atoms with Crippen LogP contribution < -0.4 is 14.8 Å². The van der Waals surface area contributed by atoms with Crippen LogP contribution in [-0.2, 0) is 6.61 Å². The molecule has 0 saturated heterocycles. The molecule has 4 heteroatoms. The molecule has 0 spiro atoms. The number of benzene rings is 2. The normalized spacial score (nSPS) is 14.0. The van der Waals surface area contributed by atoms with Crippen molar-refractivity contribution in [3.05, 3.63) is 59.7 Å². The molecule has 0 atom stereocenters. The summed E-state index contributed by atoms with van der Waals surface area (Å²) in [5, 5.41) is 3.34. The maximum absolute atomic E-state index is 6.02. The molecule has 1 heterocycles. The van der Waals surface area contributed by atoms with Gasteiger partial charge in [0, 0.05) is 18.7 Å². The van der Waals surface area contributed by atoms with Gasteiger partial charge in [0.1, 0.15) is 23.9 Å². The van der Waals surface area contributed by atoms with Gasteiger partial charge in [0.25, 0.3) is 0 Å². The van der Waals surface area contributed by atoms with E-state index in [1.165, 1.54) is 0 Å². The summed E-state index contributed by atoms with van der Waals surface area (Å²) in [5.41, 5.74) is 2.04. The number of hydrogen-bond acceptors (Lipinski definition) is 4. The van der Waals surface area contributed by atoms with Crippen molar-refractivity contribution in [1.29, 1.82) is 0 Å². The number of aliphatic imine (C=N–C) groups is 1. The van der Waals surface area contributed by atoms with Gasteiger partial charge in [0.05, 0.1) is 12.7 Å². The van der Waals surface area contributed by atoms with Gasteiger partial charge < -0.3 is 14.8 Å². The summed E-state index contributed by atoms with van der Waals surface area (Å²) >= 11 is 0. The Bertz CT molecular complexity index is 668. The van der Waals surface area contributed by atoms with Crippen molar-refractivity contribution in [2.24, 2.45) is 4.99 Å². The minimum Gasteiger partial charge on any atom is -0.496 e. The second-order valence-corrected chi connectivity index (χ2v) is 5.11. The van der Waals surface area contributed by atoms with E-state index in [0.717, 1.165) is 48.0 Å². The van der Waals surface area contributed by atoms with E-state index < -0.39 is 0 Å². The molecule has 1 N–H and O–H groups in total. The van der Waals surface area contributed by atoms with Crippen LogP contribution in [0, 0.1) is 0 Å². The second-order valence-electron chi connectivity index (χ2n) is 5.11. The molecule has 114 valence electrons. The minimum absolute atomic E-state index is 0.467. The zero-order valence-electron chi connectivity index (χ0n) is 12.7. The summed E-state index contributed by atoms with van der Waals surface area (Å²) in [4.78, 5) is 4.55. The Balaban J connectivity index is 1.79. The van der Waals surface area contributed by atoms with Gasteiger partial charge in [-0.05, 0) is 24.6 Å². The van der Waals surface area contributed by atoms with Crippen LogP contribution in [0.15, 0.2) is 53.5 Å². The maximum Gasteiger partial charge on any atom is 0.132 e. The number of rotatable bonds is 5. The predicted octanol–water partition coefficient (Wildman–Crippen LogP) is 3.01. The predicted molar refractivity (Wildman–Crippen MR) is 87.8 cm³/mol. The zero-order valence-corrected chi connectivity index (χ0v) is 12.7. The van der Waals surface area contributed by atoms with Crippen LogP contribution >= 0.6 is 0 Å². The van der Waals surface area contributed by atoms with Gasteiger partial charge in [0.2, 0.25) is 0 Å². The molecule has 0 unspecified atom stereocenters. The Morgan fingerprint density at radius 2 is 1.82 bits per heavy atom. The zero-order chi connectivity index (χ0) is 15.2. The van der Waals surface area contributed by atoms with E-state index in [9.17, 15) is 0 Å². The molecular weight excluding hydrogens is 276 g/mol. The molecule has 0 amide bonds. The first-order chi connectivity index (χ1) is 10.9. The number of amidine groups is 1. The summed E-state index contributed by atoms with van der Waals surface area (Å²) in [6, 6.07) is 15.9. The van der Waals surface area contributed by atoms with Crippen molar-refractivity contribution >= 4 is 5.84 Å². The molecule has 0 bridgehead atoms. The standard InChI is InChI=1S/C18H20N2O2/c1-21-16-9-4-2-7-14(16)13-22-17-10-5-3-8-15(17)18-19-11-6-12-20-18/h2-5,7-10H,6,11-13H2,1H3,(H,19,20). The molecule has 1 aliphatic heterocycles. The lowest BCUT2D eigenvalue weighted by Crippen LogP contribution is -2.30. The molecule has 0 aromatic heterocycles. The van der Waals surface area contributed by atoms with Gasteiger partial charge in [-0.3, -0.25) is 4.99 Å².